The van der Waals surface area contributed by atoms with Crippen LogP contribution in [-0.4, -0.2) is 16.9 Å². The van der Waals surface area contributed by atoms with Gasteiger partial charge in [-0.15, -0.1) is 0 Å². The highest BCUT2D eigenvalue weighted by Crippen LogP contribution is 2.16. The Labute approximate surface area is 133 Å². The maximum atomic E-state index is 12.8. The Hall–Kier alpha value is -2.73. The highest BCUT2D eigenvalue weighted by atomic mass is 19.1. The Bertz CT molecular complexity index is 714. The van der Waals surface area contributed by atoms with Gasteiger partial charge in [-0.25, -0.2) is 4.39 Å². The zero-order valence-electron chi connectivity index (χ0n) is 12.6. The van der Waals surface area contributed by atoms with Gasteiger partial charge in [-0.3, -0.25) is 9.59 Å². The fourth-order valence-electron chi connectivity index (χ4n) is 1.95. The molecule has 2 aromatic carbocycles. The average Bonchev–Trinajstić information content (AvgIpc) is 2.56. The highest BCUT2D eigenvalue weighted by molar-refractivity contribution is 6.39. The van der Waals surface area contributed by atoms with Crippen LogP contribution in [0.1, 0.15) is 16.7 Å². The number of carbonyl (C=O) groups excluding carboxylic acids is 2. The molecule has 0 aliphatic heterocycles. The first-order chi connectivity index (χ1) is 11.0. The van der Waals surface area contributed by atoms with E-state index in [0.29, 0.717) is 16.8 Å². The molecular weight excluding hydrogens is 299 g/mol. The van der Waals surface area contributed by atoms with E-state index in [2.05, 4.69) is 10.6 Å². The number of aliphatic hydroxyl groups is 1. The van der Waals surface area contributed by atoms with E-state index in [-0.39, 0.29) is 19.0 Å². The second kappa shape index (κ2) is 7.51. The van der Waals surface area contributed by atoms with Gasteiger partial charge in [-0.05, 0) is 41.8 Å². The molecule has 5 nitrogen and oxygen atoms in total. The molecule has 0 bridgehead atoms. The minimum absolute atomic E-state index is 0.127. The minimum atomic E-state index is -0.801. The molecule has 0 aliphatic rings. The fraction of sp³-hybridized carbons (Fsp3) is 0.176. The minimum Gasteiger partial charge on any atom is -0.392 e. The Morgan fingerprint density at radius 2 is 1.70 bits per heavy atom. The molecule has 2 aromatic rings. The van der Waals surface area contributed by atoms with Crippen LogP contribution < -0.4 is 10.6 Å². The quantitative estimate of drug-likeness (QED) is 0.754. The number of carbonyl (C=O) groups is 2. The monoisotopic (exact) mass is 316 g/mol. The summed E-state index contributed by atoms with van der Waals surface area (Å²) >= 11 is 0. The topological polar surface area (TPSA) is 78.4 Å². The summed E-state index contributed by atoms with van der Waals surface area (Å²) < 4.78 is 12.8. The molecule has 23 heavy (non-hydrogen) atoms. The van der Waals surface area contributed by atoms with Gasteiger partial charge in [0.1, 0.15) is 5.82 Å². The molecule has 0 fully saturated rings. The number of aliphatic hydroxyl groups excluding tert-OH is 1. The van der Waals surface area contributed by atoms with Gasteiger partial charge in [0.05, 0.1) is 6.61 Å². The maximum Gasteiger partial charge on any atom is 0.313 e. The van der Waals surface area contributed by atoms with Crippen molar-refractivity contribution in [3.05, 3.63) is 65.0 Å². The average molecular weight is 316 g/mol. The van der Waals surface area contributed by atoms with E-state index in [9.17, 15) is 14.0 Å². The van der Waals surface area contributed by atoms with Crippen molar-refractivity contribution in [2.24, 2.45) is 0 Å². The van der Waals surface area contributed by atoms with Crippen molar-refractivity contribution < 1.29 is 19.1 Å². The molecular formula is C17H17FN2O3. The number of aryl methyl sites for hydroxylation is 1. The van der Waals surface area contributed by atoms with E-state index >= 15 is 0 Å². The van der Waals surface area contributed by atoms with Gasteiger partial charge in [-0.1, -0.05) is 24.3 Å². The lowest BCUT2D eigenvalue weighted by molar-refractivity contribution is -0.136. The van der Waals surface area contributed by atoms with Gasteiger partial charge in [0, 0.05) is 12.2 Å². The van der Waals surface area contributed by atoms with Gasteiger partial charge in [0.15, 0.2) is 0 Å². The van der Waals surface area contributed by atoms with Crippen LogP contribution in [0.5, 0.6) is 0 Å². The second-order valence-electron chi connectivity index (χ2n) is 5.07. The van der Waals surface area contributed by atoms with Gasteiger partial charge in [0.2, 0.25) is 0 Å². The summed E-state index contributed by atoms with van der Waals surface area (Å²) in [5.74, 6) is -1.95. The molecule has 6 heteroatoms. The molecule has 2 rings (SSSR count). The van der Waals surface area contributed by atoms with Crippen LogP contribution in [0.3, 0.4) is 0 Å². The summed E-state index contributed by atoms with van der Waals surface area (Å²) in [6.45, 7) is 1.76. The van der Waals surface area contributed by atoms with Gasteiger partial charge in [0.25, 0.3) is 0 Å². The van der Waals surface area contributed by atoms with E-state index < -0.39 is 11.8 Å². The molecule has 0 heterocycles. The number of nitrogens with one attached hydrogen (secondary N) is 2. The third-order valence-corrected chi connectivity index (χ3v) is 3.31. The lowest BCUT2D eigenvalue weighted by Crippen LogP contribution is -2.35. The Morgan fingerprint density at radius 1 is 1.04 bits per heavy atom. The van der Waals surface area contributed by atoms with E-state index in [1.807, 2.05) is 0 Å². The summed E-state index contributed by atoms with van der Waals surface area (Å²) in [5, 5.41) is 14.1. The van der Waals surface area contributed by atoms with E-state index in [1.54, 1.807) is 25.1 Å². The molecule has 0 spiro atoms. The third-order valence-electron chi connectivity index (χ3n) is 3.31. The molecule has 0 radical (unpaired) electrons. The van der Waals surface area contributed by atoms with Gasteiger partial charge in [-0.2, -0.15) is 0 Å². The fourth-order valence-corrected chi connectivity index (χ4v) is 1.95. The summed E-state index contributed by atoms with van der Waals surface area (Å²) in [6.07, 6.45) is 0. The normalized spacial score (nSPS) is 10.2. The van der Waals surface area contributed by atoms with Crippen molar-refractivity contribution in [2.45, 2.75) is 20.1 Å². The number of halogens is 1. The highest BCUT2D eigenvalue weighted by Gasteiger charge is 2.14. The summed E-state index contributed by atoms with van der Waals surface area (Å²) in [4.78, 5) is 23.7. The number of benzene rings is 2. The lowest BCUT2D eigenvalue weighted by Gasteiger charge is -2.10. The number of hydrogen-bond donors (Lipinski definition) is 3. The van der Waals surface area contributed by atoms with Crippen molar-refractivity contribution >= 4 is 17.5 Å². The first-order valence-electron chi connectivity index (χ1n) is 7.03. The molecule has 0 atom stereocenters. The van der Waals surface area contributed by atoms with Crippen LogP contribution in [0.15, 0.2) is 42.5 Å². The largest absolute Gasteiger partial charge is 0.392 e. The van der Waals surface area contributed by atoms with Crippen LogP contribution in [0.4, 0.5) is 10.1 Å². The summed E-state index contributed by atoms with van der Waals surface area (Å²) in [6, 6.07) is 10.7. The van der Waals surface area contributed by atoms with Crippen molar-refractivity contribution in [1.29, 1.82) is 0 Å². The van der Waals surface area contributed by atoms with Crippen LogP contribution >= 0.6 is 0 Å². The Kier molecular flexibility index (Phi) is 5.43. The Balaban J connectivity index is 1.95. The van der Waals surface area contributed by atoms with Crippen molar-refractivity contribution in [1.82, 2.24) is 5.32 Å². The predicted molar refractivity (Wildman–Crippen MR) is 84.0 cm³/mol. The zero-order valence-corrected chi connectivity index (χ0v) is 12.6. The first kappa shape index (κ1) is 16.6. The summed E-state index contributed by atoms with van der Waals surface area (Å²) in [5.41, 5.74) is 2.57. The molecule has 120 valence electrons. The maximum absolute atomic E-state index is 12.8. The molecule has 0 aliphatic carbocycles. The van der Waals surface area contributed by atoms with Crippen LogP contribution in [0.25, 0.3) is 0 Å². The van der Waals surface area contributed by atoms with Crippen molar-refractivity contribution in [3.8, 4) is 0 Å². The van der Waals surface area contributed by atoms with Crippen LogP contribution in [0.2, 0.25) is 0 Å². The summed E-state index contributed by atoms with van der Waals surface area (Å²) in [7, 11) is 0. The molecule has 0 saturated heterocycles. The van der Waals surface area contributed by atoms with E-state index in [4.69, 9.17) is 5.11 Å². The zero-order chi connectivity index (χ0) is 16.8. The van der Waals surface area contributed by atoms with Crippen LogP contribution in [0, 0.1) is 12.7 Å². The molecule has 0 unspecified atom stereocenters. The second-order valence-corrected chi connectivity index (χ2v) is 5.07. The smallest absolute Gasteiger partial charge is 0.313 e. The number of hydrogen-bond acceptors (Lipinski definition) is 3. The van der Waals surface area contributed by atoms with Crippen molar-refractivity contribution in [3.63, 3.8) is 0 Å². The lowest BCUT2D eigenvalue weighted by atomic mass is 10.1. The Morgan fingerprint density at radius 3 is 2.35 bits per heavy atom. The third kappa shape index (κ3) is 4.62. The first-order valence-corrected chi connectivity index (χ1v) is 7.03. The number of rotatable bonds is 4. The predicted octanol–water partition coefficient (Wildman–Crippen LogP) is 1.88. The van der Waals surface area contributed by atoms with Gasteiger partial charge < -0.3 is 15.7 Å². The van der Waals surface area contributed by atoms with E-state index in [0.717, 1.165) is 5.56 Å². The van der Waals surface area contributed by atoms with Crippen molar-refractivity contribution in [2.75, 3.05) is 5.32 Å². The van der Waals surface area contributed by atoms with Gasteiger partial charge >= 0.3 is 11.8 Å². The van der Waals surface area contributed by atoms with Crippen LogP contribution in [-0.2, 0) is 22.7 Å². The number of anilines is 1. The SMILES string of the molecule is Cc1ccc(CO)cc1NC(=O)C(=O)NCc1ccc(F)cc1. The standard InChI is InChI=1S/C17H17FN2O3/c1-11-2-3-13(10-21)8-15(11)20-17(23)16(22)19-9-12-4-6-14(18)7-5-12/h2-8,21H,9-10H2,1H3,(H,19,22)(H,20,23). The number of amides is 2. The van der Waals surface area contributed by atoms with E-state index in [1.165, 1.54) is 24.3 Å². The molecule has 0 aromatic heterocycles. The molecule has 3 N–H and O–H groups in total. The molecule has 0 saturated carbocycles. The molecule has 2 amide bonds.